The third-order valence-corrected chi connectivity index (χ3v) is 2.78. The number of aromatic nitrogens is 5. The van der Waals surface area contributed by atoms with Gasteiger partial charge >= 0.3 is 0 Å². The minimum Gasteiger partial charge on any atom is -0.389 e. The number of carbonyl (C=O) groups excluding carboxylic acids is 1. The van der Waals surface area contributed by atoms with Gasteiger partial charge in [-0.3, -0.25) is 9.48 Å². The first-order valence-electron chi connectivity index (χ1n) is 6.76. The second kappa shape index (κ2) is 5.65. The van der Waals surface area contributed by atoms with E-state index in [1.807, 2.05) is 19.2 Å². The Hall–Kier alpha value is -2.22. The van der Waals surface area contributed by atoms with Crippen LogP contribution in [0.3, 0.4) is 0 Å². The predicted molar refractivity (Wildman–Crippen MR) is 76.1 cm³/mol. The lowest BCUT2D eigenvalue weighted by Gasteiger charge is -2.17. The Morgan fingerprint density at radius 1 is 1.43 bits per heavy atom. The van der Waals surface area contributed by atoms with E-state index in [0.717, 1.165) is 6.54 Å². The van der Waals surface area contributed by atoms with Crippen LogP contribution in [0.15, 0.2) is 12.3 Å². The molecule has 8 nitrogen and oxygen atoms in total. The van der Waals surface area contributed by atoms with Gasteiger partial charge in [-0.25, -0.2) is 9.67 Å². The Bertz CT molecular complexity index is 637. The fourth-order valence-corrected chi connectivity index (χ4v) is 1.94. The molecule has 0 atom stereocenters. The van der Waals surface area contributed by atoms with E-state index in [4.69, 9.17) is 5.73 Å². The molecule has 0 aliphatic carbocycles. The Morgan fingerprint density at radius 3 is 2.67 bits per heavy atom. The Balaban J connectivity index is 2.40. The van der Waals surface area contributed by atoms with Gasteiger partial charge in [0.05, 0.1) is 18.6 Å². The molecular formula is C13H20N6O2. The first-order valence-corrected chi connectivity index (χ1v) is 6.76. The molecule has 8 heteroatoms. The molecule has 114 valence electrons. The average Bonchev–Trinajstić information content (AvgIpc) is 2.92. The van der Waals surface area contributed by atoms with Gasteiger partial charge in [0, 0.05) is 12.7 Å². The number of carbonyl (C=O) groups is 1. The van der Waals surface area contributed by atoms with Gasteiger partial charge in [-0.05, 0) is 26.8 Å². The molecule has 0 aliphatic rings. The molecule has 2 aromatic rings. The van der Waals surface area contributed by atoms with Crippen molar-refractivity contribution in [1.82, 2.24) is 24.5 Å². The molecule has 0 aromatic carbocycles. The molecule has 0 bridgehead atoms. The third-order valence-electron chi connectivity index (χ3n) is 2.78. The quantitative estimate of drug-likeness (QED) is 0.776. The van der Waals surface area contributed by atoms with E-state index >= 15 is 0 Å². The van der Waals surface area contributed by atoms with Gasteiger partial charge < -0.3 is 10.8 Å². The molecule has 2 heterocycles. The second-order valence-electron chi connectivity index (χ2n) is 5.52. The fraction of sp³-hybridized carbons (Fsp3) is 0.538. The molecule has 0 saturated heterocycles. The Kier molecular flexibility index (Phi) is 4.08. The maximum atomic E-state index is 11.0. The molecule has 0 fully saturated rings. The highest BCUT2D eigenvalue weighted by Crippen LogP contribution is 2.18. The van der Waals surface area contributed by atoms with Crippen LogP contribution in [-0.2, 0) is 24.3 Å². The van der Waals surface area contributed by atoms with Crippen molar-refractivity contribution in [3.63, 3.8) is 0 Å². The number of hydrogen-bond donors (Lipinski definition) is 2. The van der Waals surface area contributed by atoms with Crippen molar-refractivity contribution in [2.24, 2.45) is 5.73 Å². The summed E-state index contributed by atoms with van der Waals surface area (Å²) in [6.07, 6.45) is 1.80. The number of rotatable bonds is 6. The molecule has 1 amide bonds. The summed E-state index contributed by atoms with van der Waals surface area (Å²) in [5.74, 6) is 0.342. The van der Waals surface area contributed by atoms with Crippen molar-refractivity contribution >= 4 is 5.91 Å². The minimum atomic E-state index is -0.959. The molecule has 21 heavy (non-hydrogen) atoms. The number of amides is 1. The summed E-state index contributed by atoms with van der Waals surface area (Å²) < 4.78 is 3.33. The van der Waals surface area contributed by atoms with E-state index in [1.54, 1.807) is 23.2 Å². The minimum absolute atomic E-state index is 0.0413. The number of primary amides is 1. The third kappa shape index (κ3) is 3.88. The summed E-state index contributed by atoms with van der Waals surface area (Å²) in [6, 6.07) is 1.82. The lowest BCUT2D eigenvalue weighted by atomic mass is 10.1. The Morgan fingerprint density at radius 2 is 2.14 bits per heavy atom. The predicted octanol–water partition coefficient (Wildman–Crippen LogP) is -0.0398. The highest BCUT2D eigenvalue weighted by molar-refractivity contribution is 5.75. The number of nitrogens with two attached hydrogens (primary N) is 1. The lowest BCUT2D eigenvalue weighted by molar-refractivity contribution is -0.117. The van der Waals surface area contributed by atoms with Crippen LogP contribution in [0, 0.1) is 0 Å². The summed E-state index contributed by atoms with van der Waals surface area (Å²) in [7, 11) is 0. The number of nitrogens with zero attached hydrogens (tertiary/aromatic N) is 5. The number of hydrogen-bond acceptors (Lipinski definition) is 5. The van der Waals surface area contributed by atoms with Crippen LogP contribution in [0.5, 0.6) is 0 Å². The lowest BCUT2D eigenvalue weighted by Crippen LogP contribution is -2.27. The van der Waals surface area contributed by atoms with E-state index in [-0.39, 0.29) is 13.0 Å². The second-order valence-corrected chi connectivity index (χ2v) is 5.52. The molecular weight excluding hydrogens is 272 g/mol. The highest BCUT2D eigenvalue weighted by atomic mass is 16.3. The first-order chi connectivity index (χ1) is 9.78. The zero-order valence-electron chi connectivity index (χ0n) is 12.4. The summed E-state index contributed by atoms with van der Waals surface area (Å²) >= 11 is 0. The van der Waals surface area contributed by atoms with Crippen LogP contribution in [0.4, 0.5) is 0 Å². The van der Waals surface area contributed by atoms with Gasteiger partial charge in [-0.15, -0.1) is 0 Å². The fourth-order valence-electron chi connectivity index (χ4n) is 1.94. The van der Waals surface area contributed by atoms with Crippen molar-refractivity contribution < 1.29 is 9.90 Å². The van der Waals surface area contributed by atoms with Crippen molar-refractivity contribution in [3.8, 4) is 11.5 Å². The van der Waals surface area contributed by atoms with Crippen molar-refractivity contribution in [2.45, 2.75) is 45.9 Å². The van der Waals surface area contributed by atoms with Crippen molar-refractivity contribution in [3.05, 3.63) is 18.1 Å². The summed E-state index contributed by atoms with van der Waals surface area (Å²) in [4.78, 5) is 15.3. The van der Waals surface area contributed by atoms with Gasteiger partial charge in [-0.2, -0.15) is 10.2 Å². The largest absolute Gasteiger partial charge is 0.389 e. The van der Waals surface area contributed by atoms with Crippen LogP contribution in [0.1, 0.15) is 26.6 Å². The van der Waals surface area contributed by atoms with Crippen LogP contribution in [0.2, 0.25) is 0 Å². The molecule has 0 spiro atoms. The Labute approximate surface area is 122 Å². The van der Waals surface area contributed by atoms with Crippen LogP contribution in [-0.4, -0.2) is 41.2 Å². The molecule has 0 aliphatic heterocycles. The van der Waals surface area contributed by atoms with Gasteiger partial charge in [0.15, 0.2) is 11.6 Å². The summed E-state index contributed by atoms with van der Waals surface area (Å²) in [5.41, 5.74) is 4.86. The maximum Gasteiger partial charge on any atom is 0.225 e. The van der Waals surface area contributed by atoms with E-state index in [2.05, 4.69) is 15.2 Å². The molecule has 2 aromatic heterocycles. The standard InChI is InChI=1S/C13H20N6O2/c1-4-18-6-5-9(16-18)12-15-11(7-10(14)20)17-19(12)8-13(2,3)21/h5-6,21H,4,7-8H2,1-3H3,(H2,14,20). The molecule has 3 N–H and O–H groups in total. The topological polar surface area (TPSA) is 112 Å². The van der Waals surface area contributed by atoms with Crippen LogP contribution < -0.4 is 5.73 Å². The van der Waals surface area contributed by atoms with Gasteiger partial charge in [-0.1, -0.05) is 0 Å². The number of aryl methyl sites for hydroxylation is 1. The summed E-state index contributed by atoms with van der Waals surface area (Å²) in [5, 5.41) is 18.6. The maximum absolute atomic E-state index is 11.0. The average molecular weight is 292 g/mol. The van der Waals surface area contributed by atoms with Crippen molar-refractivity contribution in [1.29, 1.82) is 0 Å². The van der Waals surface area contributed by atoms with Crippen LogP contribution in [0.25, 0.3) is 11.5 Å². The molecule has 0 radical (unpaired) electrons. The zero-order valence-corrected chi connectivity index (χ0v) is 12.4. The molecule has 0 saturated carbocycles. The highest BCUT2D eigenvalue weighted by Gasteiger charge is 2.21. The zero-order chi connectivity index (χ0) is 15.6. The molecule has 2 rings (SSSR count). The normalized spacial score (nSPS) is 11.8. The van der Waals surface area contributed by atoms with E-state index in [1.165, 1.54) is 0 Å². The monoisotopic (exact) mass is 292 g/mol. The van der Waals surface area contributed by atoms with E-state index in [0.29, 0.717) is 17.3 Å². The first kappa shape index (κ1) is 15.2. The van der Waals surface area contributed by atoms with Gasteiger partial charge in [0.25, 0.3) is 0 Å². The SMILES string of the molecule is CCn1ccc(-c2nc(CC(N)=O)nn2CC(C)(C)O)n1. The van der Waals surface area contributed by atoms with Gasteiger partial charge in [0.1, 0.15) is 5.69 Å². The van der Waals surface area contributed by atoms with E-state index in [9.17, 15) is 9.90 Å². The summed E-state index contributed by atoms with van der Waals surface area (Å²) in [6.45, 7) is 6.32. The van der Waals surface area contributed by atoms with E-state index < -0.39 is 11.5 Å². The van der Waals surface area contributed by atoms with Gasteiger partial charge in [0.2, 0.25) is 5.91 Å². The number of aliphatic hydroxyl groups is 1. The smallest absolute Gasteiger partial charge is 0.225 e. The molecule has 0 unspecified atom stereocenters. The van der Waals surface area contributed by atoms with Crippen molar-refractivity contribution in [2.75, 3.05) is 0 Å². The van der Waals surface area contributed by atoms with Crippen LogP contribution >= 0.6 is 0 Å².